The third kappa shape index (κ3) is 2.75. The average Bonchev–Trinajstić information content (AvgIpc) is 1.85. The van der Waals surface area contributed by atoms with E-state index in [-0.39, 0.29) is 0 Å². The fourth-order valence-corrected chi connectivity index (χ4v) is 2.18. The van der Waals surface area contributed by atoms with Crippen LogP contribution in [0.25, 0.3) is 0 Å². The topological polar surface area (TPSA) is 17.1 Å². The molecule has 0 aliphatic rings. The van der Waals surface area contributed by atoms with E-state index in [4.69, 9.17) is 0 Å². The molecule has 1 rings (SSSR count). The van der Waals surface area contributed by atoms with Gasteiger partial charge in [0.05, 0.1) is 0 Å². The van der Waals surface area contributed by atoms with E-state index in [0.717, 1.165) is 14.5 Å². The Hall–Kier alpha value is -0.150. The standard InChI is InChI=1S/C8H5Br2O/c9-7-3-6(1-2-11)4-8(10)5-7/h3-5H,1H2. The minimum atomic E-state index is 0.345. The zero-order valence-corrected chi connectivity index (χ0v) is 8.78. The van der Waals surface area contributed by atoms with Crippen LogP contribution >= 0.6 is 31.9 Å². The van der Waals surface area contributed by atoms with E-state index in [1.807, 2.05) is 24.5 Å². The molecule has 3 heteroatoms. The van der Waals surface area contributed by atoms with E-state index in [1.165, 1.54) is 0 Å². The van der Waals surface area contributed by atoms with Crippen molar-refractivity contribution in [1.82, 2.24) is 0 Å². The van der Waals surface area contributed by atoms with Crippen LogP contribution in [0.1, 0.15) is 5.56 Å². The molecule has 1 aromatic rings. The van der Waals surface area contributed by atoms with E-state index >= 15 is 0 Å². The third-order valence-electron chi connectivity index (χ3n) is 1.20. The van der Waals surface area contributed by atoms with E-state index in [2.05, 4.69) is 31.9 Å². The van der Waals surface area contributed by atoms with Crippen molar-refractivity contribution in [2.24, 2.45) is 0 Å². The van der Waals surface area contributed by atoms with Crippen molar-refractivity contribution in [3.63, 3.8) is 0 Å². The van der Waals surface area contributed by atoms with E-state index < -0.39 is 0 Å². The maximum atomic E-state index is 10.0. The second-order valence-electron chi connectivity index (χ2n) is 2.10. The second kappa shape index (κ2) is 4.02. The molecule has 1 aromatic carbocycles. The molecule has 0 atom stereocenters. The number of benzene rings is 1. The summed E-state index contributed by atoms with van der Waals surface area (Å²) >= 11 is 6.65. The maximum absolute atomic E-state index is 10.0. The van der Waals surface area contributed by atoms with Crippen LogP contribution in [0, 0.1) is 0 Å². The lowest BCUT2D eigenvalue weighted by Gasteiger charge is -1.97. The highest BCUT2D eigenvalue weighted by molar-refractivity contribution is 9.11. The Bertz CT molecular complexity index is 251. The zero-order chi connectivity index (χ0) is 8.27. The highest BCUT2D eigenvalue weighted by Gasteiger charge is 1.96. The second-order valence-corrected chi connectivity index (χ2v) is 3.93. The smallest absolute Gasteiger partial charge is 0.203 e. The Balaban J connectivity index is 2.98. The summed E-state index contributed by atoms with van der Waals surface area (Å²) in [5.74, 6) is 0. The molecule has 57 valence electrons. The fraction of sp³-hybridized carbons (Fsp3) is 0.125. The summed E-state index contributed by atoms with van der Waals surface area (Å²) in [6.45, 7) is 0. The van der Waals surface area contributed by atoms with Crippen molar-refractivity contribution >= 4 is 38.1 Å². The van der Waals surface area contributed by atoms with Crippen LogP contribution in [0.4, 0.5) is 0 Å². The predicted molar refractivity (Wildman–Crippen MR) is 51.2 cm³/mol. The van der Waals surface area contributed by atoms with Gasteiger partial charge in [0.15, 0.2) is 0 Å². The van der Waals surface area contributed by atoms with Crippen molar-refractivity contribution in [3.8, 4) is 0 Å². The Labute approximate surface area is 82.1 Å². The molecule has 11 heavy (non-hydrogen) atoms. The first-order valence-electron chi connectivity index (χ1n) is 3.02. The summed E-state index contributed by atoms with van der Waals surface area (Å²) in [7, 11) is 0. The highest BCUT2D eigenvalue weighted by Crippen LogP contribution is 2.19. The molecular formula is C8H5Br2O. The molecule has 0 aromatic heterocycles. The van der Waals surface area contributed by atoms with E-state index in [0.29, 0.717) is 6.42 Å². The molecule has 0 aliphatic heterocycles. The van der Waals surface area contributed by atoms with Crippen LogP contribution < -0.4 is 0 Å². The van der Waals surface area contributed by atoms with Crippen LogP contribution in [0.5, 0.6) is 0 Å². The van der Waals surface area contributed by atoms with Gasteiger partial charge in [-0.2, -0.15) is 0 Å². The Kier molecular flexibility index (Phi) is 3.27. The summed E-state index contributed by atoms with van der Waals surface area (Å²) in [5.41, 5.74) is 0.959. The van der Waals surface area contributed by atoms with Crippen molar-refractivity contribution in [1.29, 1.82) is 0 Å². The van der Waals surface area contributed by atoms with Gasteiger partial charge in [0.2, 0.25) is 6.29 Å². The van der Waals surface area contributed by atoms with Crippen LogP contribution in [-0.4, -0.2) is 6.29 Å². The minimum absolute atomic E-state index is 0.345. The number of hydrogen-bond donors (Lipinski definition) is 0. The van der Waals surface area contributed by atoms with Crippen LogP contribution in [0.2, 0.25) is 0 Å². The monoisotopic (exact) mass is 275 g/mol. The number of rotatable bonds is 2. The van der Waals surface area contributed by atoms with Gasteiger partial charge in [-0.25, -0.2) is 0 Å². The molecule has 0 spiro atoms. The van der Waals surface area contributed by atoms with Gasteiger partial charge < -0.3 is 0 Å². The van der Waals surface area contributed by atoms with Crippen molar-refractivity contribution in [2.75, 3.05) is 0 Å². The van der Waals surface area contributed by atoms with Gasteiger partial charge in [-0.05, 0) is 23.8 Å². The van der Waals surface area contributed by atoms with Crippen LogP contribution in [-0.2, 0) is 11.2 Å². The van der Waals surface area contributed by atoms with Crippen molar-refractivity contribution < 1.29 is 4.79 Å². The number of halogens is 2. The summed E-state index contributed by atoms with van der Waals surface area (Å²) in [6.07, 6.45) is 2.19. The summed E-state index contributed by atoms with van der Waals surface area (Å²) in [4.78, 5) is 10.0. The van der Waals surface area contributed by atoms with Gasteiger partial charge >= 0.3 is 0 Å². The lowest BCUT2D eigenvalue weighted by molar-refractivity contribution is 0.555. The summed E-state index contributed by atoms with van der Waals surface area (Å²) < 4.78 is 1.94. The fourth-order valence-electron chi connectivity index (χ4n) is 0.796. The zero-order valence-electron chi connectivity index (χ0n) is 5.60. The number of hydrogen-bond acceptors (Lipinski definition) is 1. The van der Waals surface area contributed by atoms with Gasteiger partial charge in [-0.1, -0.05) is 31.9 Å². The molecule has 1 radical (unpaired) electrons. The maximum Gasteiger partial charge on any atom is 0.203 e. The van der Waals surface area contributed by atoms with Gasteiger partial charge in [0.1, 0.15) is 0 Å². The molecule has 0 amide bonds. The molecule has 0 unspecified atom stereocenters. The lowest BCUT2D eigenvalue weighted by Crippen LogP contribution is -1.84. The van der Waals surface area contributed by atoms with E-state index in [9.17, 15) is 4.79 Å². The molecule has 0 bridgehead atoms. The summed E-state index contributed by atoms with van der Waals surface area (Å²) in [5, 5.41) is 0. The molecule has 0 aliphatic carbocycles. The third-order valence-corrected chi connectivity index (χ3v) is 2.11. The van der Waals surface area contributed by atoms with Crippen molar-refractivity contribution in [2.45, 2.75) is 6.42 Å². The van der Waals surface area contributed by atoms with Gasteiger partial charge in [0, 0.05) is 15.4 Å². The SMILES string of the molecule is O=[C]Cc1cc(Br)cc(Br)c1. The van der Waals surface area contributed by atoms with Gasteiger partial charge in [-0.3, -0.25) is 4.79 Å². The quantitative estimate of drug-likeness (QED) is 0.812. The Morgan fingerprint density at radius 1 is 1.18 bits per heavy atom. The first kappa shape index (κ1) is 8.94. The van der Waals surface area contributed by atoms with Crippen molar-refractivity contribution in [3.05, 3.63) is 32.7 Å². The molecule has 0 saturated carbocycles. The van der Waals surface area contributed by atoms with Crippen LogP contribution in [0.15, 0.2) is 27.1 Å². The Morgan fingerprint density at radius 2 is 1.73 bits per heavy atom. The van der Waals surface area contributed by atoms with E-state index in [1.54, 1.807) is 0 Å². The first-order valence-corrected chi connectivity index (χ1v) is 4.61. The molecule has 0 N–H and O–H groups in total. The Morgan fingerprint density at radius 3 is 2.18 bits per heavy atom. The molecular weight excluding hydrogens is 272 g/mol. The largest absolute Gasteiger partial charge is 0.291 e. The first-order chi connectivity index (χ1) is 5.22. The average molecular weight is 277 g/mol. The van der Waals surface area contributed by atoms with Crippen LogP contribution in [0.3, 0.4) is 0 Å². The lowest BCUT2D eigenvalue weighted by atomic mass is 10.2. The van der Waals surface area contributed by atoms with Gasteiger partial charge in [0.25, 0.3) is 0 Å². The van der Waals surface area contributed by atoms with Gasteiger partial charge in [-0.15, -0.1) is 0 Å². The molecule has 0 heterocycles. The highest BCUT2D eigenvalue weighted by atomic mass is 79.9. The summed E-state index contributed by atoms with van der Waals surface area (Å²) in [6, 6.07) is 5.72. The predicted octanol–water partition coefficient (Wildman–Crippen LogP) is 2.86. The molecule has 0 fully saturated rings. The minimum Gasteiger partial charge on any atom is -0.291 e. The molecule has 1 nitrogen and oxygen atoms in total. The number of carbonyl (C=O) groups excluding carboxylic acids is 1. The normalized spacial score (nSPS) is 9.64. The molecule has 0 saturated heterocycles.